The van der Waals surface area contributed by atoms with E-state index in [1.807, 2.05) is 0 Å². The summed E-state index contributed by atoms with van der Waals surface area (Å²) < 4.78 is 29.2. The van der Waals surface area contributed by atoms with E-state index in [4.69, 9.17) is 4.74 Å². The van der Waals surface area contributed by atoms with Crippen LogP contribution >= 0.6 is 11.8 Å². The first-order valence-electron chi connectivity index (χ1n) is 4.22. The molecule has 14 heavy (non-hydrogen) atoms. The van der Waals surface area contributed by atoms with E-state index in [-0.39, 0.29) is 4.71 Å². The zero-order valence-electron chi connectivity index (χ0n) is 7.39. The van der Waals surface area contributed by atoms with E-state index in [0.29, 0.717) is 19.7 Å². The molecule has 5 nitrogen and oxygen atoms in total. The van der Waals surface area contributed by atoms with Crippen molar-refractivity contribution in [1.82, 2.24) is 10.6 Å². The highest BCUT2D eigenvalue weighted by molar-refractivity contribution is 8.19. The van der Waals surface area contributed by atoms with E-state index in [1.54, 1.807) is 11.6 Å². The summed E-state index contributed by atoms with van der Waals surface area (Å²) in [5.74, 6) is 0. The molecule has 2 aliphatic heterocycles. The monoisotopic (exact) mass is 235 g/mol. The zero-order valence-corrected chi connectivity index (χ0v) is 9.03. The molecule has 1 atom stereocenters. The molecule has 1 radical (unpaired) electrons. The van der Waals surface area contributed by atoms with Crippen molar-refractivity contribution >= 4 is 21.6 Å². The number of sulfone groups is 1. The fraction of sp³-hybridized carbons (Fsp3) is 0.571. The maximum absolute atomic E-state index is 11.9. The van der Waals surface area contributed by atoms with Crippen LogP contribution in [0.3, 0.4) is 0 Å². The molecule has 2 N–H and O–H groups in total. The Balaban J connectivity index is 2.06. The molecule has 0 spiro atoms. The van der Waals surface area contributed by atoms with E-state index in [0.717, 1.165) is 0 Å². The van der Waals surface area contributed by atoms with E-state index < -0.39 is 15.3 Å². The highest BCUT2D eigenvalue weighted by Gasteiger charge is 2.38. The molecule has 2 rings (SSSR count). The van der Waals surface area contributed by atoms with Crippen molar-refractivity contribution in [2.24, 2.45) is 0 Å². The number of thioether (sulfide) groups is 1. The van der Waals surface area contributed by atoms with Gasteiger partial charge in [-0.25, -0.2) is 8.42 Å². The van der Waals surface area contributed by atoms with Crippen LogP contribution in [0, 0.1) is 4.71 Å². The first-order valence-corrected chi connectivity index (χ1v) is 6.65. The van der Waals surface area contributed by atoms with Gasteiger partial charge >= 0.3 is 0 Å². The molecule has 0 amide bonds. The highest BCUT2D eigenvalue weighted by atomic mass is 32.3. The molecule has 0 aromatic rings. The predicted octanol–water partition coefficient (Wildman–Crippen LogP) is -0.398. The van der Waals surface area contributed by atoms with Crippen LogP contribution in [0.4, 0.5) is 0 Å². The molecule has 2 aliphatic rings. The Morgan fingerprint density at radius 2 is 2.43 bits per heavy atom. The Bertz CT molecular complexity index is 314. The minimum Gasteiger partial charge on any atom is -0.360 e. The van der Waals surface area contributed by atoms with Crippen LogP contribution in [-0.2, 0) is 14.6 Å². The second-order valence-electron chi connectivity index (χ2n) is 2.90. The second-order valence-corrected chi connectivity index (χ2v) is 6.10. The molecule has 79 valence electrons. The first-order chi connectivity index (χ1) is 6.71. The maximum atomic E-state index is 11.9. The predicted molar refractivity (Wildman–Crippen MR) is 54.6 cm³/mol. The number of rotatable bonds is 2. The Morgan fingerprint density at radius 1 is 1.57 bits per heavy atom. The van der Waals surface area contributed by atoms with Gasteiger partial charge in [-0.2, -0.15) is 0 Å². The van der Waals surface area contributed by atoms with Crippen LogP contribution in [-0.4, -0.2) is 33.6 Å². The Morgan fingerprint density at radius 3 is 3.00 bits per heavy atom. The number of nitrogens with one attached hydrogen (secondary N) is 2. The molecule has 1 unspecified atom stereocenters. The summed E-state index contributed by atoms with van der Waals surface area (Å²) in [6.07, 6.45) is 1.60. The second kappa shape index (κ2) is 4.09. The number of ether oxygens (including phenoxy) is 1. The van der Waals surface area contributed by atoms with Gasteiger partial charge in [0.05, 0.1) is 6.61 Å². The van der Waals surface area contributed by atoms with E-state index in [2.05, 4.69) is 10.6 Å². The van der Waals surface area contributed by atoms with Crippen LogP contribution < -0.4 is 10.6 Å². The molecule has 7 heteroatoms. The minimum absolute atomic E-state index is 0.256. The van der Waals surface area contributed by atoms with Crippen molar-refractivity contribution in [3.63, 3.8) is 0 Å². The van der Waals surface area contributed by atoms with Gasteiger partial charge in [0, 0.05) is 19.3 Å². The molecular formula is C7H11N2O3S2. The number of hydrogen-bond donors (Lipinski definition) is 2. The standard InChI is InChI=1S/C7H11N2O3S2/c10-14(11,7-9-2-4-13-7)6-5-8-1-3-12-6/h2,4,6,8-9H,1,3,5H2. The molecule has 0 saturated carbocycles. The van der Waals surface area contributed by atoms with Crippen LogP contribution in [0.2, 0.25) is 0 Å². The van der Waals surface area contributed by atoms with Gasteiger partial charge in [0.2, 0.25) is 14.5 Å². The highest BCUT2D eigenvalue weighted by Crippen LogP contribution is 2.31. The third kappa shape index (κ3) is 1.90. The minimum atomic E-state index is -3.34. The van der Waals surface area contributed by atoms with Gasteiger partial charge in [-0.15, -0.1) is 0 Å². The molecule has 0 bridgehead atoms. The van der Waals surface area contributed by atoms with Gasteiger partial charge in [0.1, 0.15) is 0 Å². The summed E-state index contributed by atoms with van der Waals surface area (Å²) in [4.78, 5) is 0. The van der Waals surface area contributed by atoms with E-state index >= 15 is 0 Å². The van der Waals surface area contributed by atoms with Gasteiger partial charge in [0.15, 0.2) is 5.44 Å². The summed E-state index contributed by atoms with van der Waals surface area (Å²) in [6, 6.07) is 0. The normalized spacial score (nSPS) is 29.0. The van der Waals surface area contributed by atoms with Crippen molar-refractivity contribution in [2.45, 2.75) is 5.44 Å². The van der Waals surface area contributed by atoms with Crippen molar-refractivity contribution in [3.05, 3.63) is 16.3 Å². The van der Waals surface area contributed by atoms with Crippen LogP contribution in [0.5, 0.6) is 0 Å². The molecule has 0 aromatic carbocycles. The van der Waals surface area contributed by atoms with Crippen molar-refractivity contribution < 1.29 is 13.2 Å². The Labute approximate surface area is 87.2 Å². The van der Waals surface area contributed by atoms with Gasteiger partial charge in [0.25, 0.3) is 0 Å². The zero-order chi connectivity index (χ0) is 10.0. The molecular weight excluding hydrogens is 224 g/mol. The van der Waals surface area contributed by atoms with Crippen LogP contribution in [0.25, 0.3) is 0 Å². The van der Waals surface area contributed by atoms with E-state index in [1.165, 1.54) is 11.8 Å². The van der Waals surface area contributed by atoms with Crippen molar-refractivity contribution in [3.8, 4) is 0 Å². The lowest BCUT2D eigenvalue weighted by atomic mass is 10.5. The fourth-order valence-corrected chi connectivity index (χ4v) is 3.75. The number of hydrogen-bond acceptors (Lipinski definition) is 6. The third-order valence-corrected chi connectivity index (χ3v) is 5.16. The van der Waals surface area contributed by atoms with Crippen LogP contribution in [0.1, 0.15) is 0 Å². The Hall–Kier alpha value is -0.240. The number of morpholine rings is 1. The molecule has 2 heterocycles. The lowest BCUT2D eigenvalue weighted by Gasteiger charge is -2.25. The molecule has 1 fully saturated rings. The van der Waals surface area contributed by atoms with Crippen LogP contribution in [0.15, 0.2) is 11.6 Å². The summed E-state index contributed by atoms with van der Waals surface area (Å²) in [6.45, 7) is 1.50. The van der Waals surface area contributed by atoms with Gasteiger partial charge in [-0.1, -0.05) is 11.8 Å². The van der Waals surface area contributed by atoms with Gasteiger partial charge in [-0.3, -0.25) is 0 Å². The van der Waals surface area contributed by atoms with Gasteiger partial charge in [-0.05, 0) is 5.41 Å². The quantitative estimate of drug-likeness (QED) is 0.679. The first kappa shape index (κ1) is 10.3. The molecule has 0 aliphatic carbocycles. The van der Waals surface area contributed by atoms with Crippen molar-refractivity contribution in [2.75, 3.05) is 19.7 Å². The molecule has 1 saturated heterocycles. The maximum Gasteiger partial charge on any atom is 0.241 e. The van der Waals surface area contributed by atoms with Gasteiger partial charge < -0.3 is 15.4 Å². The molecule has 0 aromatic heterocycles. The summed E-state index contributed by atoms with van der Waals surface area (Å²) >= 11 is 1.17. The topological polar surface area (TPSA) is 67.4 Å². The van der Waals surface area contributed by atoms with Crippen molar-refractivity contribution in [1.29, 1.82) is 0 Å². The lowest BCUT2D eigenvalue weighted by Crippen LogP contribution is -2.45. The average molecular weight is 235 g/mol. The summed E-state index contributed by atoms with van der Waals surface area (Å²) in [7, 11) is -3.34. The largest absolute Gasteiger partial charge is 0.360 e. The Kier molecular flexibility index (Phi) is 3.01. The smallest absolute Gasteiger partial charge is 0.241 e. The SMILES string of the molecule is O=S(=O)([C]1NC=CS1)C1CNCCO1. The third-order valence-electron chi connectivity index (χ3n) is 1.94. The fourth-order valence-electron chi connectivity index (χ4n) is 1.24. The van der Waals surface area contributed by atoms with E-state index in [9.17, 15) is 8.42 Å². The summed E-state index contributed by atoms with van der Waals surface area (Å²) in [5, 5.41) is 7.38. The lowest BCUT2D eigenvalue weighted by molar-refractivity contribution is 0.0788. The summed E-state index contributed by atoms with van der Waals surface area (Å²) in [5.41, 5.74) is -0.758. The average Bonchev–Trinajstić information content (AvgIpc) is 2.72.